The SMILES string of the molecule is Cn1ncc2ccc(NC(=O)N3C=CC(=O)C[C@H]3c3cccc(F)c3)c(Br)c21. The predicted molar refractivity (Wildman–Crippen MR) is 107 cm³/mol. The van der Waals surface area contributed by atoms with E-state index in [1.54, 1.807) is 29.1 Å². The van der Waals surface area contributed by atoms with Gasteiger partial charge in [-0.2, -0.15) is 5.10 Å². The number of hydrogen-bond donors (Lipinski definition) is 1. The molecule has 0 saturated heterocycles. The maximum Gasteiger partial charge on any atom is 0.326 e. The predicted octanol–water partition coefficient (Wildman–Crippen LogP) is 4.54. The molecule has 1 N–H and O–H groups in total. The molecule has 8 heteroatoms. The van der Waals surface area contributed by atoms with Crippen molar-refractivity contribution in [2.24, 2.45) is 7.05 Å². The number of nitrogens with one attached hydrogen (secondary N) is 1. The summed E-state index contributed by atoms with van der Waals surface area (Å²) in [5, 5.41) is 8.01. The minimum atomic E-state index is -0.576. The first-order chi connectivity index (χ1) is 13.4. The molecule has 1 atom stereocenters. The molecule has 0 saturated carbocycles. The quantitative estimate of drug-likeness (QED) is 0.633. The van der Waals surface area contributed by atoms with Crippen molar-refractivity contribution < 1.29 is 14.0 Å². The van der Waals surface area contributed by atoms with Crippen LogP contribution in [0.1, 0.15) is 18.0 Å². The van der Waals surface area contributed by atoms with Gasteiger partial charge < -0.3 is 5.32 Å². The minimum absolute atomic E-state index is 0.0926. The van der Waals surface area contributed by atoms with Gasteiger partial charge in [0.15, 0.2) is 5.78 Å². The van der Waals surface area contributed by atoms with Crippen LogP contribution in [-0.4, -0.2) is 26.5 Å². The van der Waals surface area contributed by atoms with Crippen LogP contribution in [0, 0.1) is 5.82 Å². The summed E-state index contributed by atoms with van der Waals surface area (Å²) in [5.74, 6) is -0.528. The van der Waals surface area contributed by atoms with Gasteiger partial charge in [0.25, 0.3) is 0 Å². The van der Waals surface area contributed by atoms with Crippen molar-refractivity contribution >= 4 is 44.3 Å². The molecule has 0 spiro atoms. The van der Waals surface area contributed by atoms with Gasteiger partial charge >= 0.3 is 6.03 Å². The summed E-state index contributed by atoms with van der Waals surface area (Å²) in [6, 6.07) is 8.59. The van der Waals surface area contributed by atoms with Gasteiger partial charge in [0.2, 0.25) is 0 Å². The molecular formula is C20H16BrFN4O2. The molecule has 1 aliphatic heterocycles. The Kier molecular flexibility index (Phi) is 4.72. The first-order valence-electron chi connectivity index (χ1n) is 8.60. The van der Waals surface area contributed by atoms with Crippen LogP contribution in [0.2, 0.25) is 0 Å². The molecule has 2 aromatic carbocycles. The topological polar surface area (TPSA) is 67.2 Å². The second-order valence-electron chi connectivity index (χ2n) is 6.53. The molecule has 0 unspecified atom stereocenters. The fourth-order valence-corrected chi connectivity index (χ4v) is 4.04. The molecule has 6 nitrogen and oxygen atoms in total. The van der Waals surface area contributed by atoms with E-state index < -0.39 is 17.9 Å². The van der Waals surface area contributed by atoms with Crippen molar-refractivity contribution in [2.45, 2.75) is 12.5 Å². The van der Waals surface area contributed by atoms with Crippen LogP contribution >= 0.6 is 15.9 Å². The second kappa shape index (κ2) is 7.20. The third-order valence-corrected chi connectivity index (χ3v) is 5.50. The lowest BCUT2D eigenvalue weighted by Crippen LogP contribution is -2.37. The highest BCUT2D eigenvalue weighted by Crippen LogP contribution is 2.33. The Hall–Kier alpha value is -3.00. The van der Waals surface area contributed by atoms with E-state index in [4.69, 9.17) is 0 Å². The Bertz CT molecular complexity index is 1120. The Balaban J connectivity index is 1.66. The number of carbonyl (C=O) groups excluding carboxylic acids is 2. The lowest BCUT2D eigenvalue weighted by molar-refractivity contribution is -0.116. The van der Waals surface area contributed by atoms with Crippen molar-refractivity contribution in [1.29, 1.82) is 0 Å². The fourth-order valence-electron chi connectivity index (χ4n) is 3.32. The largest absolute Gasteiger partial charge is 0.326 e. The number of hydrogen-bond acceptors (Lipinski definition) is 3. The Morgan fingerprint density at radius 3 is 2.93 bits per heavy atom. The third kappa shape index (κ3) is 3.31. The highest BCUT2D eigenvalue weighted by molar-refractivity contribution is 9.10. The summed E-state index contributed by atoms with van der Waals surface area (Å²) in [5.41, 5.74) is 1.99. The summed E-state index contributed by atoms with van der Waals surface area (Å²) >= 11 is 3.53. The molecule has 0 fully saturated rings. The standard InChI is InChI=1S/C20H16BrFN4O2/c1-25-19-13(11-23-25)5-6-16(18(19)21)24-20(28)26-8-7-15(27)10-17(26)12-3-2-4-14(22)9-12/h2-9,11,17H,10H2,1H3,(H,24,28)/t17-/m0/s1. The van der Waals surface area contributed by atoms with Crippen LogP contribution in [0.5, 0.6) is 0 Å². The van der Waals surface area contributed by atoms with E-state index in [0.29, 0.717) is 15.7 Å². The molecule has 2 amide bonds. The van der Waals surface area contributed by atoms with Crippen LogP contribution in [0.15, 0.2) is 59.3 Å². The number of urea groups is 1. The van der Waals surface area contributed by atoms with Gasteiger partial charge in [0.05, 0.1) is 27.9 Å². The average molecular weight is 443 g/mol. The monoisotopic (exact) mass is 442 g/mol. The number of ketones is 1. The Morgan fingerprint density at radius 2 is 2.14 bits per heavy atom. The van der Waals surface area contributed by atoms with Crippen molar-refractivity contribution in [3.8, 4) is 0 Å². The average Bonchev–Trinajstić information content (AvgIpc) is 3.05. The van der Waals surface area contributed by atoms with E-state index in [0.717, 1.165) is 10.9 Å². The highest BCUT2D eigenvalue weighted by atomic mass is 79.9. The summed E-state index contributed by atoms with van der Waals surface area (Å²) in [6.45, 7) is 0. The molecule has 4 rings (SSSR count). The number of nitrogens with zero attached hydrogens (tertiary/aromatic N) is 3. The molecule has 0 bridgehead atoms. The van der Waals surface area contributed by atoms with E-state index in [1.165, 1.54) is 29.3 Å². The number of aryl methyl sites for hydroxylation is 1. The molecule has 0 radical (unpaired) electrons. The van der Waals surface area contributed by atoms with Gasteiger partial charge in [-0.05, 0) is 51.8 Å². The maximum absolute atomic E-state index is 13.7. The molecule has 3 aromatic rings. The van der Waals surface area contributed by atoms with Crippen molar-refractivity contribution in [3.63, 3.8) is 0 Å². The summed E-state index contributed by atoms with van der Waals surface area (Å²) in [4.78, 5) is 26.3. The van der Waals surface area contributed by atoms with E-state index >= 15 is 0 Å². The molecule has 1 aromatic heterocycles. The second-order valence-corrected chi connectivity index (χ2v) is 7.32. The number of halogens is 2. The Morgan fingerprint density at radius 1 is 1.32 bits per heavy atom. The van der Waals surface area contributed by atoms with E-state index in [-0.39, 0.29) is 12.2 Å². The number of aromatic nitrogens is 2. The zero-order chi connectivity index (χ0) is 19.8. The first kappa shape index (κ1) is 18.4. The zero-order valence-electron chi connectivity index (χ0n) is 14.9. The molecule has 28 heavy (non-hydrogen) atoms. The van der Waals surface area contributed by atoms with E-state index in [9.17, 15) is 14.0 Å². The zero-order valence-corrected chi connectivity index (χ0v) is 16.5. The number of carbonyl (C=O) groups is 2. The molecule has 2 heterocycles. The minimum Gasteiger partial charge on any atom is -0.306 e. The van der Waals surface area contributed by atoms with Crippen LogP contribution in [0.4, 0.5) is 14.9 Å². The van der Waals surface area contributed by atoms with Gasteiger partial charge in [-0.3, -0.25) is 14.4 Å². The summed E-state index contributed by atoms with van der Waals surface area (Å²) < 4.78 is 16.1. The smallest absolute Gasteiger partial charge is 0.306 e. The first-order valence-corrected chi connectivity index (χ1v) is 9.39. The van der Waals surface area contributed by atoms with Crippen LogP contribution < -0.4 is 5.32 Å². The number of benzene rings is 2. The Labute approximate surface area is 168 Å². The third-order valence-electron chi connectivity index (χ3n) is 4.70. The van der Waals surface area contributed by atoms with Gasteiger partial charge in [0.1, 0.15) is 5.82 Å². The van der Waals surface area contributed by atoms with Gasteiger partial charge in [-0.25, -0.2) is 9.18 Å². The summed E-state index contributed by atoms with van der Waals surface area (Å²) in [6.07, 6.45) is 4.63. The number of anilines is 1. The molecule has 0 aliphatic carbocycles. The van der Waals surface area contributed by atoms with E-state index in [2.05, 4.69) is 26.3 Å². The molecular weight excluding hydrogens is 427 g/mol. The number of allylic oxidation sites excluding steroid dienone is 1. The normalized spacial score (nSPS) is 16.6. The van der Waals surface area contributed by atoms with Gasteiger partial charge in [0, 0.05) is 25.1 Å². The van der Waals surface area contributed by atoms with Crippen LogP contribution in [-0.2, 0) is 11.8 Å². The van der Waals surface area contributed by atoms with Crippen molar-refractivity contribution in [3.05, 3.63) is 70.7 Å². The van der Waals surface area contributed by atoms with Crippen LogP contribution in [0.3, 0.4) is 0 Å². The fraction of sp³-hybridized carbons (Fsp3) is 0.150. The van der Waals surface area contributed by atoms with Crippen molar-refractivity contribution in [1.82, 2.24) is 14.7 Å². The lowest BCUT2D eigenvalue weighted by Gasteiger charge is -2.31. The number of rotatable bonds is 2. The summed E-state index contributed by atoms with van der Waals surface area (Å²) in [7, 11) is 1.82. The van der Waals surface area contributed by atoms with Gasteiger partial charge in [-0.15, -0.1) is 0 Å². The molecule has 142 valence electrons. The van der Waals surface area contributed by atoms with E-state index in [1.807, 2.05) is 13.1 Å². The van der Waals surface area contributed by atoms with Crippen molar-refractivity contribution in [2.75, 3.05) is 5.32 Å². The molecule has 1 aliphatic rings. The van der Waals surface area contributed by atoms with Gasteiger partial charge in [-0.1, -0.05) is 12.1 Å². The van der Waals surface area contributed by atoms with Crippen LogP contribution in [0.25, 0.3) is 10.9 Å². The maximum atomic E-state index is 13.7. The highest BCUT2D eigenvalue weighted by Gasteiger charge is 2.29. The number of amides is 2. The lowest BCUT2D eigenvalue weighted by atomic mass is 9.97. The number of fused-ring (bicyclic) bond motifs is 1.